The molecule has 0 aliphatic carbocycles. The second-order valence-electron chi connectivity index (χ2n) is 5.78. The van der Waals surface area contributed by atoms with Gasteiger partial charge in [0, 0.05) is 5.56 Å². The number of rotatable bonds is 6. The highest BCUT2D eigenvalue weighted by Crippen LogP contribution is 2.35. The average Bonchev–Trinajstić information content (AvgIpc) is 3.06. The number of hydrogen-bond donors (Lipinski definition) is 1. The largest absolute Gasteiger partial charge is 0.496 e. The van der Waals surface area contributed by atoms with Crippen molar-refractivity contribution in [2.45, 2.75) is 13.5 Å². The first kappa shape index (κ1) is 19.6. The number of benzene rings is 2. The number of nitrogens with one attached hydrogen (secondary N) is 1. The summed E-state index contributed by atoms with van der Waals surface area (Å²) in [5.74, 6) is 1.55. The molecule has 1 N–H and O–H groups in total. The maximum Gasteiger partial charge on any atom is 0.412 e. The molecule has 3 aromatic rings. The lowest BCUT2D eigenvalue weighted by Crippen LogP contribution is -2.15. The van der Waals surface area contributed by atoms with Gasteiger partial charge in [0.15, 0.2) is 5.76 Å². The molecular weight excluding hydrogens is 384 g/mol. The number of amides is 1. The van der Waals surface area contributed by atoms with E-state index in [0.29, 0.717) is 44.8 Å². The maximum atomic E-state index is 12.4. The minimum absolute atomic E-state index is 0.0369. The zero-order chi connectivity index (χ0) is 20.1. The molecule has 8 heteroatoms. The fourth-order valence-electron chi connectivity index (χ4n) is 2.70. The molecule has 1 amide bonds. The summed E-state index contributed by atoms with van der Waals surface area (Å²) < 4.78 is 21.2. The van der Waals surface area contributed by atoms with Crippen LogP contribution in [0.1, 0.15) is 11.3 Å². The molecule has 1 heterocycles. The van der Waals surface area contributed by atoms with Gasteiger partial charge >= 0.3 is 6.09 Å². The average molecular weight is 403 g/mol. The molecule has 7 nitrogen and oxygen atoms in total. The number of carbonyl (C=O) groups is 1. The van der Waals surface area contributed by atoms with Crippen LogP contribution in [0.25, 0.3) is 11.3 Å². The van der Waals surface area contributed by atoms with Crippen molar-refractivity contribution in [2.24, 2.45) is 0 Å². The Labute approximate surface area is 167 Å². The van der Waals surface area contributed by atoms with Gasteiger partial charge < -0.3 is 18.7 Å². The van der Waals surface area contributed by atoms with Crippen molar-refractivity contribution < 1.29 is 23.5 Å². The number of hydrogen-bond acceptors (Lipinski definition) is 6. The number of aromatic nitrogens is 1. The van der Waals surface area contributed by atoms with Gasteiger partial charge in [-0.15, -0.1) is 0 Å². The van der Waals surface area contributed by atoms with Gasteiger partial charge in [-0.2, -0.15) is 0 Å². The van der Waals surface area contributed by atoms with E-state index in [4.69, 9.17) is 30.3 Å². The summed E-state index contributed by atoms with van der Waals surface area (Å²) in [6.07, 6.45) is -0.674. The monoisotopic (exact) mass is 402 g/mol. The van der Waals surface area contributed by atoms with Gasteiger partial charge in [0.1, 0.15) is 29.5 Å². The Morgan fingerprint density at radius 1 is 1.11 bits per heavy atom. The summed E-state index contributed by atoms with van der Waals surface area (Å²) in [6.45, 7) is 1.65. The van der Waals surface area contributed by atoms with Gasteiger partial charge in [0.05, 0.1) is 24.8 Å². The number of halogens is 1. The lowest BCUT2D eigenvalue weighted by molar-refractivity contribution is 0.152. The maximum absolute atomic E-state index is 12.4. The van der Waals surface area contributed by atoms with Crippen LogP contribution in [0.2, 0.25) is 5.02 Å². The van der Waals surface area contributed by atoms with E-state index in [1.54, 1.807) is 43.3 Å². The van der Waals surface area contributed by atoms with E-state index in [1.807, 2.05) is 6.07 Å². The summed E-state index contributed by atoms with van der Waals surface area (Å²) in [5, 5.41) is 7.17. The Hall–Kier alpha value is -3.19. The number of anilines is 1. The van der Waals surface area contributed by atoms with Gasteiger partial charge in [-0.25, -0.2) is 4.79 Å². The summed E-state index contributed by atoms with van der Waals surface area (Å²) in [6, 6.07) is 12.5. The van der Waals surface area contributed by atoms with Crippen LogP contribution >= 0.6 is 11.6 Å². The molecule has 0 radical (unpaired) electrons. The topological polar surface area (TPSA) is 82.8 Å². The lowest BCUT2D eigenvalue weighted by atomic mass is 10.1. The van der Waals surface area contributed by atoms with Crippen molar-refractivity contribution in [3.8, 4) is 22.8 Å². The van der Waals surface area contributed by atoms with Gasteiger partial charge in [0.2, 0.25) is 0 Å². The first-order valence-electron chi connectivity index (χ1n) is 8.40. The predicted molar refractivity (Wildman–Crippen MR) is 105 cm³/mol. The zero-order valence-corrected chi connectivity index (χ0v) is 16.4. The van der Waals surface area contributed by atoms with Crippen molar-refractivity contribution in [3.05, 3.63) is 58.8 Å². The Balaban J connectivity index is 1.77. The van der Waals surface area contributed by atoms with Crippen molar-refractivity contribution >= 4 is 23.4 Å². The van der Waals surface area contributed by atoms with E-state index in [9.17, 15) is 4.79 Å². The van der Waals surface area contributed by atoms with E-state index >= 15 is 0 Å². The third kappa shape index (κ3) is 4.04. The van der Waals surface area contributed by atoms with Gasteiger partial charge in [0.25, 0.3) is 0 Å². The van der Waals surface area contributed by atoms with Gasteiger partial charge in [-0.3, -0.25) is 5.32 Å². The first-order valence-corrected chi connectivity index (χ1v) is 8.77. The number of carbonyl (C=O) groups excluding carboxylic acids is 1. The van der Waals surface area contributed by atoms with Crippen molar-refractivity contribution in [1.29, 1.82) is 0 Å². The minimum atomic E-state index is -0.674. The van der Waals surface area contributed by atoms with Crippen LogP contribution in [0.3, 0.4) is 0 Å². The van der Waals surface area contributed by atoms with Gasteiger partial charge in [-0.05, 0) is 25.1 Å². The molecule has 0 fully saturated rings. The molecule has 0 aliphatic rings. The van der Waals surface area contributed by atoms with Crippen LogP contribution in [-0.2, 0) is 11.3 Å². The predicted octanol–water partition coefficient (Wildman–Crippen LogP) is 5.07. The van der Waals surface area contributed by atoms with Crippen LogP contribution < -0.4 is 14.8 Å². The summed E-state index contributed by atoms with van der Waals surface area (Å²) in [5.41, 5.74) is 2.08. The van der Waals surface area contributed by atoms with Gasteiger partial charge in [-0.1, -0.05) is 41.0 Å². The standard InChI is InChI=1S/C20H19ClN2O5/c1-12-18(19(23-28-12)13-7-4-5-8-15(13)21)22-20(24)27-11-14-16(25-2)9-6-10-17(14)26-3/h4-10H,11H2,1-3H3,(H,22,24). The number of aryl methyl sites for hydroxylation is 1. The summed E-state index contributed by atoms with van der Waals surface area (Å²) in [4.78, 5) is 12.4. The SMILES string of the molecule is COc1cccc(OC)c1COC(=O)Nc1c(-c2ccccc2Cl)noc1C. The molecule has 28 heavy (non-hydrogen) atoms. The molecule has 0 atom stereocenters. The third-order valence-corrected chi connectivity index (χ3v) is 4.43. The number of methoxy groups -OCH3 is 2. The molecule has 3 rings (SSSR count). The quantitative estimate of drug-likeness (QED) is 0.619. The highest BCUT2D eigenvalue weighted by molar-refractivity contribution is 6.33. The minimum Gasteiger partial charge on any atom is -0.496 e. The van der Waals surface area contributed by atoms with Crippen LogP contribution in [-0.4, -0.2) is 25.5 Å². The van der Waals surface area contributed by atoms with Crippen molar-refractivity contribution in [3.63, 3.8) is 0 Å². The molecule has 0 saturated heterocycles. The summed E-state index contributed by atoms with van der Waals surface area (Å²) in [7, 11) is 3.07. The molecule has 0 unspecified atom stereocenters. The smallest absolute Gasteiger partial charge is 0.412 e. The highest BCUT2D eigenvalue weighted by Gasteiger charge is 2.20. The van der Waals surface area contributed by atoms with E-state index in [1.165, 1.54) is 14.2 Å². The van der Waals surface area contributed by atoms with Crippen molar-refractivity contribution in [1.82, 2.24) is 5.16 Å². The third-order valence-electron chi connectivity index (χ3n) is 4.10. The van der Waals surface area contributed by atoms with Crippen LogP contribution in [0.4, 0.5) is 10.5 Å². The lowest BCUT2D eigenvalue weighted by Gasteiger charge is -2.13. The number of nitrogens with zero attached hydrogens (tertiary/aromatic N) is 1. The fraction of sp³-hybridized carbons (Fsp3) is 0.200. The zero-order valence-electron chi connectivity index (χ0n) is 15.6. The fourth-order valence-corrected chi connectivity index (χ4v) is 2.93. The Kier molecular flexibility index (Phi) is 6.06. The molecule has 0 bridgehead atoms. The van der Waals surface area contributed by atoms with Crippen LogP contribution in [0, 0.1) is 6.92 Å². The van der Waals surface area contributed by atoms with E-state index in [0.717, 1.165) is 0 Å². The van der Waals surface area contributed by atoms with Crippen LogP contribution in [0.5, 0.6) is 11.5 Å². The molecule has 0 aliphatic heterocycles. The molecule has 146 valence electrons. The molecule has 0 spiro atoms. The van der Waals surface area contributed by atoms with E-state index < -0.39 is 6.09 Å². The molecule has 1 aromatic heterocycles. The van der Waals surface area contributed by atoms with E-state index in [-0.39, 0.29) is 6.61 Å². The number of ether oxygens (including phenoxy) is 3. The van der Waals surface area contributed by atoms with Crippen molar-refractivity contribution in [2.75, 3.05) is 19.5 Å². The van der Waals surface area contributed by atoms with Crippen LogP contribution in [0.15, 0.2) is 47.0 Å². The Bertz CT molecular complexity index is 964. The first-order chi connectivity index (χ1) is 13.5. The highest BCUT2D eigenvalue weighted by atomic mass is 35.5. The Morgan fingerprint density at radius 2 is 1.79 bits per heavy atom. The second-order valence-corrected chi connectivity index (χ2v) is 6.19. The summed E-state index contributed by atoms with van der Waals surface area (Å²) >= 11 is 6.23. The van der Waals surface area contributed by atoms with E-state index in [2.05, 4.69) is 10.5 Å². The Morgan fingerprint density at radius 3 is 2.43 bits per heavy atom. The molecule has 0 saturated carbocycles. The molecule has 2 aromatic carbocycles. The second kappa shape index (κ2) is 8.67. The molecular formula is C20H19ClN2O5. The normalized spacial score (nSPS) is 10.4.